The quantitative estimate of drug-likeness (QED) is 0.720. The summed E-state index contributed by atoms with van der Waals surface area (Å²) in [6.45, 7) is 9.27. The molecule has 92 valence electrons. The van der Waals surface area contributed by atoms with Crippen LogP contribution in [0.5, 0.6) is 0 Å². The number of hydrogen-bond acceptors (Lipinski definition) is 1. The summed E-state index contributed by atoms with van der Waals surface area (Å²) in [6, 6.07) is 0. The van der Waals surface area contributed by atoms with E-state index in [0.29, 0.717) is 11.3 Å². The monoisotopic (exact) mass is 222 g/mol. The van der Waals surface area contributed by atoms with Gasteiger partial charge in [0.1, 0.15) is 0 Å². The van der Waals surface area contributed by atoms with Crippen LogP contribution in [0.2, 0.25) is 0 Å². The van der Waals surface area contributed by atoms with Crippen LogP contribution in [0.25, 0.3) is 0 Å². The van der Waals surface area contributed by atoms with Crippen LogP contribution in [-0.4, -0.2) is 10.7 Å². The van der Waals surface area contributed by atoms with E-state index in [1.165, 1.54) is 19.3 Å². The molecule has 0 amide bonds. The van der Waals surface area contributed by atoms with Crippen LogP contribution >= 0.6 is 0 Å². The van der Waals surface area contributed by atoms with Gasteiger partial charge in [0.15, 0.2) is 0 Å². The van der Waals surface area contributed by atoms with Gasteiger partial charge < -0.3 is 5.11 Å². The van der Waals surface area contributed by atoms with E-state index in [2.05, 4.69) is 27.7 Å². The largest absolute Gasteiger partial charge is 0.390 e. The molecule has 1 spiro atoms. The first-order valence-electron chi connectivity index (χ1n) is 7.13. The molecule has 4 unspecified atom stereocenters. The van der Waals surface area contributed by atoms with Gasteiger partial charge in [0, 0.05) is 0 Å². The molecule has 3 rings (SSSR count). The summed E-state index contributed by atoms with van der Waals surface area (Å²) in [7, 11) is 0. The third kappa shape index (κ3) is 1.11. The molecule has 0 aromatic rings. The molecule has 0 bridgehead atoms. The Morgan fingerprint density at radius 3 is 2.50 bits per heavy atom. The Kier molecular flexibility index (Phi) is 2.11. The van der Waals surface area contributed by atoms with Crippen molar-refractivity contribution < 1.29 is 5.11 Å². The molecule has 3 aliphatic carbocycles. The number of aliphatic hydroxyl groups is 1. The summed E-state index contributed by atoms with van der Waals surface area (Å²) < 4.78 is 0. The van der Waals surface area contributed by atoms with Gasteiger partial charge in [-0.2, -0.15) is 0 Å². The highest BCUT2D eigenvalue weighted by Crippen LogP contribution is 2.80. The van der Waals surface area contributed by atoms with Crippen LogP contribution in [-0.2, 0) is 0 Å². The Hall–Kier alpha value is -0.0400. The molecule has 1 N–H and O–H groups in total. The van der Waals surface area contributed by atoms with Crippen LogP contribution in [0.1, 0.15) is 53.4 Å². The lowest BCUT2D eigenvalue weighted by atomic mass is 9.69. The molecular weight excluding hydrogens is 196 g/mol. The molecule has 0 heterocycles. The molecule has 0 aromatic heterocycles. The Bertz CT molecular complexity index is 307. The third-order valence-electron chi connectivity index (χ3n) is 6.35. The minimum Gasteiger partial charge on any atom is -0.390 e. The second-order valence-electron chi connectivity index (χ2n) is 7.36. The predicted molar refractivity (Wildman–Crippen MR) is 66.0 cm³/mol. The molecule has 0 aromatic carbocycles. The van der Waals surface area contributed by atoms with Crippen LogP contribution < -0.4 is 0 Å². The van der Waals surface area contributed by atoms with Crippen molar-refractivity contribution in [3.8, 4) is 0 Å². The highest BCUT2D eigenvalue weighted by molar-refractivity contribution is 5.26. The van der Waals surface area contributed by atoms with E-state index in [4.69, 9.17) is 0 Å². The molecule has 3 saturated carbocycles. The van der Waals surface area contributed by atoms with Gasteiger partial charge in [0.25, 0.3) is 0 Å². The van der Waals surface area contributed by atoms with E-state index >= 15 is 0 Å². The summed E-state index contributed by atoms with van der Waals surface area (Å²) in [5.41, 5.74) is 0.201. The molecule has 0 radical (unpaired) electrons. The highest BCUT2D eigenvalue weighted by Gasteiger charge is 2.77. The fourth-order valence-electron chi connectivity index (χ4n) is 5.57. The Morgan fingerprint density at radius 2 is 1.88 bits per heavy atom. The van der Waals surface area contributed by atoms with Crippen molar-refractivity contribution >= 4 is 0 Å². The van der Waals surface area contributed by atoms with Crippen molar-refractivity contribution in [2.45, 2.75) is 59.0 Å². The van der Waals surface area contributed by atoms with Crippen LogP contribution in [0.15, 0.2) is 0 Å². The normalized spacial score (nSPS) is 59.6. The van der Waals surface area contributed by atoms with Gasteiger partial charge in [0.2, 0.25) is 0 Å². The van der Waals surface area contributed by atoms with Gasteiger partial charge in [-0.1, -0.05) is 20.8 Å². The second-order valence-corrected chi connectivity index (χ2v) is 7.36. The number of rotatable bonds is 1. The van der Waals surface area contributed by atoms with Crippen LogP contribution in [0.3, 0.4) is 0 Å². The van der Waals surface area contributed by atoms with E-state index in [1.807, 2.05) is 0 Å². The molecule has 6 atom stereocenters. The van der Waals surface area contributed by atoms with Crippen molar-refractivity contribution in [3.63, 3.8) is 0 Å². The third-order valence-corrected chi connectivity index (χ3v) is 6.35. The van der Waals surface area contributed by atoms with E-state index in [1.54, 1.807) is 0 Å². The second kappa shape index (κ2) is 3.04. The molecule has 0 saturated heterocycles. The molecular formula is C15H26O. The van der Waals surface area contributed by atoms with Gasteiger partial charge in [-0.05, 0) is 67.6 Å². The zero-order valence-corrected chi connectivity index (χ0v) is 11.2. The first-order chi connectivity index (χ1) is 7.41. The summed E-state index contributed by atoms with van der Waals surface area (Å²) in [5, 5.41) is 10.5. The molecule has 1 nitrogen and oxygen atoms in total. The first-order valence-corrected chi connectivity index (χ1v) is 7.13. The van der Waals surface area contributed by atoms with Crippen LogP contribution in [0, 0.1) is 35.0 Å². The molecule has 3 fully saturated rings. The standard InChI is InChI=1S/C15H26O/c1-9(2)11-6-5-10(3)15-8-7-14(4,16)13(15)12(11)15/h9-13,16H,5-8H2,1-4H3/t10?,11?,12-,13?,14?,15-/m1/s1. The smallest absolute Gasteiger partial charge is 0.0656 e. The van der Waals surface area contributed by atoms with Crippen molar-refractivity contribution in [2.75, 3.05) is 0 Å². The fourth-order valence-corrected chi connectivity index (χ4v) is 5.57. The van der Waals surface area contributed by atoms with Crippen molar-refractivity contribution in [2.24, 2.45) is 35.0 Å². The van der Waals surface area contributed by atoms with Crippen LogP contribution in [0.4, 0.5) is 0 Å². The lowest BCUT2D eigenvalue weighted by Crippen LogP contribution is -2.30. The van der Waals surface area contributed by atoms with E-state index in [-0.39, 0.29) is 5.60 Å². The van der Waals surface area contributed by atoms with Gasteiger partial charge in [-0.3, -0.25) is 0 Å². The van der Waals surface area contributed by atoms with Gasteiger partial charge in [-0.15, -0.1) is 0 Å². The molecule has 0 aliphatic heterocycles. The molecule has 1 heteroatoms. The Morgan fingerprint density at radius 1 is 1.19 bits per heavy atom. The zero-order chi connectivity index (χ0) is 11.7. The van der Waals surface area contributed by atoms with Crippen molar-refractivity contribution in [1.82, 2.24) is 0 Å². The van der Waals surface area contributed by atoms with Gasteiger partial charge in [0.05, 0.1) is 5.60 Å². The summed E-state index contributed by atoms with van der Waals surface area (Å²) >= 11 is 0. The average Bonchev–Trinajstić information content (AvgIpc) is 2.79. The Balaban J connectivity index is 1.92. The minimum atomic E-state index is -0.351. The number of fused-ring (bicyclic) bond motifs is 1. The maximum atomic E-state index is 10.5. The molecule has 3 aliphatic rings. The van der Waals surface area contributed by atoms with Gasteiger partial charge >= 0.3 is 0 Å². The van der Waals surface area contributed by atoms with Crippen molar-refractivity contribution in [1.29, 1.82) is 0 Å². The topological polar surface area (TPSA) is 20.2 Å². The first kappa shape index (κ1) is 11.1. The fraction of sp³-hybridized carbons (Fsp3) is 1.00. The van der Waals surface area contributed by atoms with E-state index in [0.717, 1.165) is 30.1 Å². The van der Waals surface area contributed by atoms with Gasteiger partial charge in [-0.25, -0.2) is 0 Å². The molecule has 16 heavy (non-hydrogen) atoms. The van der Waals surface area contributed by atoms with E-state index < -0.39 is 0 Å². The summed E-state index contributed by atoms with van der Waals surface area (Å²) in [4.78, 5) is 0. The Labute approximate surface area is 99.6 Å². The number of hydrogen-bond donors (Lipinski definition) is 1. The maximum Gasteiger partial charge on any atom is 0.0656 e. The minimum absolute atomic E-state index is 0.351. The highest BCUT2D eigenvalue weighted by atomic mass is 16.3. The SMILES string of the molecule is CC(C)C1CCC(C)[C@@]23CCC(C)(O)C2[C@@H]13. The predicted octanol–water partition coefficient (Wildman–Crippen LogP) is 3.47. The zero-order valence-electron chi connectivity index (χ0n) is 11.2. The maximum absolute atomic E-state index is 10.5. The van der Waals surface area contributed by atoms with E-state index in [9.17, 15) is 5.11 Å². The summed E-state index contributed by atoms with van der Waals surface area (Å²) in [6.07, 6.45) is 5.13. The summed E-state index contributed by atoms with van der Waals surface area (Å²) in [5.74, 6) is 4.01. The van der Waals surface area contributed by atoms with Crippen molar-refractivity contribution in [3.05, 3.63) is 0 Å². The lowest BCUT2D eigenvalue weighted by Gasteiger charge is -2.36. The average molecular weight is 222 g/mol. The lowest BCUT2D eigenvalue weighted by molar-refractivity contribution is 0.0291.